The average Bonchev–Trinajstić information content (AvgIpc) is 2.29. The van der Waals surface area contributed by atoms with Crippen LogP contribution in [-0.4, -0.2) is 10.7 Å². The number of nitro groups is 1. The van der Waals surface area contributed by atoms with E-state index in [1.54, 1.807) is 19.9 Å². The number of hydrogen-bond acceptors (Lipinski definition) is 4. The Labute approximate surface area is 98.8 Å². The maximum absolute atomic E-state index is 12.0. The van der Waals surface area contributed by atoms with Gasteiger partial charge in [-0.25, -0.2) is 0 Å². The van der Waals surface area contributed by atoms with E-state index in [0.717, 1.165) is 5.56 Å². The first-order chi connectivity index (χ1) is 8.01. The van der Waals surface area contributed by atoms with Gasteiger partial charge < -0.3 is 0 Å². The molecule has 0 bridgehead atoms. The average molecular weight is 232 g/mol. The van der Waals surface area contributed by atoms with Crippen LogP contribution in [0.2, 0.25) is 0 Å². The predicted octanol–water partition coefficient (Wildman–Crippen LogP) is 2.64. The lowest BCUT2D eigenvalue weighted by molar-refractivity contribution is -0.385. The summed E-state index contributed by atoms with van der Waals surface area (Å²) in [5, 5.41) is 19.6. The van der Waals surface area contributed by atoms with E-state index < -0.39 is 16.6 Å². The molecule has 1 aromatic rings. The number of aryl methyl sites for hydroxylation is 1. The van der Waals surface area contributed by atoms with Gasteiger partial charge in [-0.15, -0.1) is 0 Å². The van der Waals surface area contributed by atoms with Crippen molar-refractivity contribution in [3.05, 3.63) is 39.4 Å². The highest BCUT2D eigenvalue weighted by molar-refractivity contribution is 6.02. The van der Waals surface area contributed by atoms with Gasteiger partial charge in [-0.2, -0.15) is 5.26 Å². The molecule has 88 valence electrons. The third-order valence-electron chi connectivity index (χ3n) is 2.49. The molecule has 0 aromatic heterocycles. The summed E-state index contributed by atoms with van der Waals surface area (Å²) >= 11 is 0. The van der Waals surface area contributed by atoms with Crippen molar-refractivity contribution < 1.29 is 9.72 Å². The zero-order chi connectivity index (χ0) is 13.0. The van der Waals surface area contributed by atoms with E-state index in [2.05, 4.69) is 0 Å². The molecule has 1 atom stereocenters. The molecule has 0 aliphatic rings. The van der Waals surface area contributed by atoms with Crippen molar-refractivity contribution in [2.45, 2.75) is 20.3 Å². The Kier molecular flexibility index (Phi) is 3.94. The number of nitrogens with zero attached hydrogens (tertiary/aromatic N) is 2. The monoisotopic (exact) mass is 232 g/mol. The number of ketones is 1. The molecule has 0 saturated carbocycles. The number of Topliss-reactive ketones (excluding diaryl/α,β-unsaturated/α-hetero) is 1. The molecular formula is C12H12N2O3. The Morgan fingerprint density at radius 2 is 2.24 bits per heavy atom. The first kappa shape index (κ1) is 12.8. The summed E-state index contributed by atoms with van der Waals surface area (Å²) in [6.45, 7) is 3.45. The first-order valence-electron chi connectivity index (χ1n) is 5.20. The fourth-order valence-corrected chi connectivity index (χ4v) is 1.53. The van der Waals surface area contributed by atoms with Crippen LogP contribution in [0.5, 0.6) is 0 Å². The highest BCUT2D eigenvalue weighted by Gasteiger charge is 2.25. The van der Waals surface area contributed by atoms with Crippen LogP contribution in [0, 0.1) is 34.3 Å². The molecule has 0 spiro atoms. The summed E-state index contributed by atoms with van der Waals surface area (Å²) in [6.07, 6.45) is 0.348. The standard InChI is InChI=1S/C12H12N2O3/c1-3-9(7-13)12(15)10-6-8(2)4-5-11(10)14(16)17/h4-6,9H,3H2,1-2H3. The van der Waals surface area contributed by atoms with E-state index in [9.17, 15) is 14.9 Å². The van der Waals surface area contributed by atoms with Gasteiger partial charge in [0.15, 0.2) is 5.78 Å². The molecule has 1 unspecified atom stereocenters. The summed E-state index contributed by atoms with van der Waals surface area (Å²) in [7, 11) is 0. The highest BCUT2D eigenvalue weighted by Crippen LogP contribution is 2.23. The maximum Gasteiger partial charge on any atom is 0.280 e. The lowest BCUT2D eigenvalue weighted by Crippen LogP contribution is -2.14. The quantitative estimate of drug-likeness (QED) is 0.453. The number of nitriles is 1. The topological polar surface area (TPSA) is 84.0 Å². The molecular weight excluding hydrogens is 220 g/mol. The zero-order valence-electron chi connectivity index (χ0n) is 9.64. The van der Waals surface area contributed by atoms with Crippen molar-refractivity contribution in [1.82, 2.24) is 0 Å². The van der Waals surface area contributed by atoms with Gasteiger partial charge in [0.2, 0.25) is 0 Å². The molecule has 0 N–H and O–H groups in total. The minimum atomic E-state index is -0.824. The van der Waals surface area contributed by atoms with Gasteiger partial charge in [0.1, 0.15) is 5.92 Å². The number of carbonyl (C=O) groups excluding carboxylic acids is 1. The van der Waals surface area contributed by atoms with Crippen molar-refractivity contribution in [3.63, 3.8) is 0 Å². The summed E-state index contributed by atoms with van der Waals surface area (Å²) in [5.41, 5.74) is 0.532. The van der Waals surface area contributed by atoms with Crippen LogP contribution in [-0.2, 0) is 0 Å². The van der Waals surface area contributed by atoms with E-state index in [0.29, 0.717) is 6.42 Å². The van der Waals surface area contributed by atoms with Crippen LogP contribution in [0.3, 0.4) is 0 Å². The summed E-state index contributed by atoms with van der Waals surface area (Å²) in [6, 6.07) is 6.19. The Balaban J connectivity index is 3.29. The van der Waals surface area contributed by atoms with E-state index in [1.807, 2.05) is 6.07 Å². The predicted molar refractivity (Wildman–Crippen MR) is 61.6 cm³/mol. The van der Waals surface area contributed by atoms with E-state index in [4.69, 9.17) is 5.26 Å². The minimum absolute atomic E-state index is 0.0170. The van der Waals surface area contributed by atoms with Gasteiger partial charge >= 0.3 is 0 Å². The van der Waals surface area contributed by atoms with Crippen LogP contribution in [0.15, 0.2) is 18.2 Å². The molecule has 0 radical (unpaired) electrons. The second kappa shape index (κ2) is 5.21. The molecule has 5 heteroatoms. The van der Waals surface area contributed by atoms with E-state index >= 15 is 0 Å². The Morgan fingerprint density at radius 3 is 2.71 bits per heavy atom. The number of hydrogen-bond donors (Lipinski definition) is 0. The van der Waals surface area contributed by atoms with Crippen LogP contribution in [0.4, 0.5) is 5.69 Å². The van der Waals surface area contributed by atoms with E-state index in [1.165, 1.54) is 12.1 Å². The Hall–Kier alpha value is -2.22. The van der Waals surface area contributed by atoms with Gasteiger partial charge in [-0.1, -0.05) is 13.0 Å². The van der Waals surface area contributed by atoms with Crippen LogP contribution in [0.25, 0.3) is 0 Å². The van der Waals surface area contributed by atoms with E-state index in [-0.39, 0.29) is 11.3 Å². The fourth-order valence-electron chi connectivity index (χ4n) is 1.53. The summed E-state index contributed by atoms with van der Waals surface area (Å²) in [4.78, 5) is 22.2. The number of nitro benzene ring substituents is 1. The SMILES string of the molecule is CCC(C#N)C(=O)c1cc(C)ccc1[N+](=O)[O-]. The second-order valence-electron chi connectivity index (χ2n) is 3.73. The molecule has 17 heavy (non-hydrogen) atoms. The maximum atomic E-state index is 12.0. The molecule has 0 heterocycles. The van der Waals surface area contributed by atoms with Crippen molar-refractivity contribution in [3.8, 4) is 6.07 Å². The van der Waals surface area contributed by atoms with Gasteiger partial charge in [-0.3, -0.25) is 14.9 Å². The molecule has 5 nitrogen and oxygen atoms in total. The van der Waals surface area contributed by atoms with Crippen molar-refractivity contribution >= 4 is 11.5 Å². The van der Waals surface area contributed by atoms with Crippen LogP contribution < -0.4 is 0 Å². The molecule has 1 rings (SSSR count). The lowest BCUT2D eigenvalue weighted by atomic mass is 9.94. The zero-order valence-corrected chi connectivity index (χ0v) is 9.64. The fraction of sp³-hybridized carbons (Fsp3) is 0.333. The number of benzene rings is 1. The Morgan fingerprint density at radius 1 is 1.59 bits per heavy atom. The largest absolute Gasteiger partial charge is 0.292 e. The third-order valence-corrected chi connectivity index (χ3v) is 2.49. The van der Waals surface area contributed by atoms with Gasteiger partial charge in [0.05, 0.1) is 16.6 Å². The summed E-state index contributed by atoms with van der Waals surface area (Å²) in [5.74, 6) is -1.30. The first-order valence-corrected chi connectivity index (χ1v) is 5.20. The van der Waals surface area contributed by atoms with Crippen molar-refractivity contribution in [1.29, 1.82) is 5.26 Å². The normalized spacial score (nSPS) is 11.6. The van der Waals surface area contributed by atoms with Gasteiger partial charge in [0.25, 0.3) is 5.69 Å². The van der Waals surface area contributed by atoms with Gasteiger partial charge in [0, 0.05) is 6.07 Å². The minimum Gasteiger partial charge on any atom is -0.292 e. The van der Waals surface area contributed by atoms with Crippen LogP contribution in [0.1, 0.15) is 29.3 Å². The second-order valence-corrected chi connectivity index (χ2v) is 3.73. The molecule has 0 saturated heterocycles. The van der Waals surface area contributed by atoms with Crippen molar-refractivity contribution in [2.24, 2.45) is 5.92 Å². The molecule has 0 aliphatic heterocycles. The highest BCUT2D eigenvalue weighted by atomic mass is 16.6. The Bertz CT molecular complexity index is 503. The van der Waals surface area contributed by atoms with Crippen molar-refractivity contribution in [2.75, 3.05) is 0 Å². The van der Waals surface area contributed by atoms with Crippen LogP contribution >= 0.6 is 0 Å². The molecule has 0 aliphatic carbocycles. The molecule has 1 aromatic carbocycles. The molecule has 0 amide bonds. The smallest absolute Gasteiger partial charge is 0.280 e. The van der Waals surface area contributed by atoms with Gasteiger partial charge in [-0.05, 0) is 25.0 Å². The third kappa shape index (κ3) is 2.67. The lowest BCUT2D eigenvalue weighted by Gasteiger charge is -2.06. The number of rotatable bonds is 4. The number of carbonyl (C=O) groups is 1. The summed E-state index contributed by atoms with van der Waals surface area (Å²) < 4.78 is 0. The molecule has 0 fully saturated rings.